The van der Waals surface area contributed by atoms with Crippen LogP contribution < -0.4 is 10.6 Å². The van der Waals surface area contributed by atoms with E-state index in [0.29, 0.717) is 17.0 Å². The van der Waals surface area contributed by atoms with Crippen molar-refractivity contribution in [3.05, 3.63) is 59.4 Å². The van der Waals surface area contributed by atoms with Crippen molar-refractivity contribution < 1.29 is 0 Å². The predicted molar refractivity (Wildman–Crippen MR) is 115 cm³/mol. The van der Waals surface area contributed by atoms with Crippen molar-refractivity contribution in [2.24, 2.45) is 0 Å². The van der Waals surface area contributed by atoms with Crippen molar-refractivity contribution >= 4 is 29.1 Å². The third-order valence-corrected chi connectivity index (χ3v) is 5.43. The molecule has 0 atom stereocenters. The highest BCUT2D eigenvalue weighted by atomic mass is 35.5. The zero-order chi connectivity index (χ0) is 19.3. The van der Waals surface area contributed by atoms with Gasteiger partial charge in [-0.1, -0.05) is 43.0 Å². The van der Waals surface area contributed by atoms with Crippen LogP contribution in [0.4, 0.5) is 17.5 Å². The summed E-state index contributed by atoms with van der Waals surface area (Å²) in [5.41, 5.74) is 3.79. The number of rotatable bonds is 5. The highest BCUT2D eigenvalue weighted by Gasteiger charge is 2.16. The van der Waals surface area contributed by atoms with E-state index in [2.05, 4.69) is 15.6 Å². The lowest BCUT2D eigenvalue weighted by Gasteiger charge is -2.23. The monoisotopic (exact) mass is 393 g/mol. The maximum atomic E-state index is 6.40. The normalized spacial score (nSPS) is 14.6. The molecule has 0 radical (unpaired) electrons. The van der Waals surface area contributed by atoms with E-state index in [1.54, 1.807) is 12.4 Å². The minimum absolute atomic E-state index is 0.427. The lowest BCUT2D eigenvalue weighted by atomic mass is 9.96. The van der Waals surface area contributed by atoms with E-state index in [9.17, 15) is 0 Å². The molecular formula is C22H24ClN5. The fourth-order valence-corrected chi connectivity index (χ4v) is 3.86. The first-order valence-corrected chi connectivity index (χ1v) is 10.1. The second-order valence-electron chi connectivity index (χ2n) is 7.23. The minimum atomic E-state index is 0.427. The molecule has 1 fully saturated rings. The molecule has 0 saturated heterocycles. The number of halogens is 1. The molecule has 28 heavy (non-hydrogen) atoms. The molecule has 6 heteroatoms. The van der Waals surface area contributed by atoms with Crippen molar-refractivity contribution in [1.29, 1.82) is 0 Å². The predicted octanol–water partition coefficient (Wildman–Crippen LogP) is 5.99. The quantitative estimate of drug-likeness (QED) is 0.557. The number of benzene rings is 1. The Hall–Kier alpha value is -2.66. The van der Waals surface area contributed by atoms with Gasteiger partial charge in [-0.3, -0.25) is 4.98 Å². The SMILES string of the molecule is Cc1cccc(Cl)c1Nc1cc(-c2ccncc2)nc(NC2CCCCC2)n1. The highest BCUT2D eigenvalue weighted by molar-refractivity contribution is 6.33. The van der Waals surface area contributed by atoms with Crippen molar-refractivity contribution in [3.8, 4) is 11.3 Å². The summed E-state index contributed by atoms with van der Waals surface area (Å²) in [4.78, 5) is 13.6. The lowest BCUT2D eigenvalue weighted by molar-refractivity contribution is 0.461. The van der Waals surface area contributed by atoms with Crippen LogP contribution in [0.1, 0.15) is 37.7 Å². The first-order valence-electron chi connectivity index (χ1n) is 9.77. The molecule has 1 aromatic carbocycles. The van der Waals surface area contributed by atoms with Gasteiger partial charge in [0.2, 0.25) is 5.95 Å². The van der Waals surface area contributed by atoms with Gasteiger partial charge in [0, 0.05) is 30.1 Å². The van der Waals surface area contributed by atoms with Gasteiger partial charge in [0.25, 0.3) is 0 Å². The largest absolute Gasteiger partial charge is 0.351 e. The molecule has 144 valence electrons. The molecule has 3 aromatic rings. The van der Waals surface area contributed by atoms with E-state index < -0.39 is 0 Å². The van der Waals surface area contributed by atoms with E-state index in [1.165, 1.54) is 19.3 Å². The van der Waals surface area contributed by atoms with Crippen LogP contribution in [0, 0.1) is 6.92 Å². The Labute approximate surface area is 170 Å². The number of hydrogen-bond acceptors (Lipinski definition) is 5. The molecule has 0 spiro atoms. The Morgan fingerprint density at radius 3 is 2.54 bits per heavy atom. The molecule has 1 aliphatic carbocycles. The molecule has 1 saturated carbocycles. The van der Waals surface area contributed by atoms with Gasteiger partial charge in [-0.05, 0) is 43.5 Å². The Kier molecular flexibility index (Phi) is 5.72. The van der Waals surface area contributed by atoms with E-state index in [0.717, 1.165) is 41.2 Å². The molecule has 2 aromatic heterocycles. The number of para-hydroxylation sites is 1. The first kappa shape index (κ1) is 18.7. The summed E-state index contributed by atoms with van der Waals surface area (Å²) in [5, 5.41) is 7.60. The molecule has 1 aliphatic rings. The second-order valence-corrected chi connectivity index (χ2v) is 7.64. The average Bonchev–Trinajstić information content (AvgIpc) is 2.72. The van der Waals surface area contributed by atoms with Crippen LogP contribution in [0.5, 0.6) is 0 Å². The van der Waals surface area contributed by atoms with Gasteiger partial charge in [0.1, 0.15) is 5.82 Å². The summed E-state index contributed by atoms with van der Waals surface area (Å²) >= 11 is 6.40. The average molecular weight is 394 g/mol. The van der Waals surface area contributed by atoms with E-state index in [4.69, 9.17) is 21.6 Å². The molecule has 0 aliphatic heterocycles. The molecule has 2 N–H and O–H groups in total. The van der Waals surface area contributed by atoms with E-state index in [-0.39, 0.29) is 0 Å². The van der Waals surface area contributed by atoms with Gasteiger partial charge >= 0.3 is 0 Å². The summed E-state index contributed by atoms with van der Waals surface area (Å²) in [6.45, 7) is 2.03. The van der Waals surface area contributed by atoms with Crippen molar-refractivity contribution in [3.63, 3.8) is 0 Å². The lowest BCUT2D eigenvalue weighted by Crippen LogP contribution is -2.23. The van der Waals surface area contributed by atoms with Crippen molar-refractivity contribution in [1.82, 2.24) is 15.0 Å². The number of pyridine rings is 1. The van der Waals surface area contributed by atoms with Crippen LogP contribution in [-0.2, 0) is 0 Å². The maximum absolute atomic E-state index is 6.40. The van der Waals surface area contributed by atoms with Crippen LogP contribution >= 0.6 is 11.6 Å². The molecule has 0 unspecified atom stereocenters. The van der Waals surface area contributed by atoms with Crippen LogP contribution in [0.25, 0.3) is 11.3 Å². The van der Waals surface area contributed by atoms with Gasteiger partial charge in [-0.15, -0.1) is 0 Å². The van der Waals surface area contributed by atoms with Crippen molar-refractivity contribution in [2.45, 2.75) is 45.1 Å². The zero-order valence-electron chi connectivity index (χ0n) is 16.0. The van der Waals surface area contributed by atoms with Gasteiger partial charge < -0.3 is 10.6 Å². The smallest absolute Gasteiger partial charge is 0.225 e. The summed E-state index contributed by atoms with van der Waals surface area (Å²) < 4.78 is 0. The fourth-order valence-electron chi connectivity index (χ4n) is 3.59. The molecule has 0 amide bonds. The van der Waals surface area contributed by atoms with Crippen molar-refractivity contribution in [2.75, 3.05) is 10.6 Å². The van der Waals surface area contributed by atoms with Gasteiger partial charge in [0.05, 0.1) is 16.4 Å². The number of nitrogens with zero attached hydrogens (tertiary/aromatic N) is 3. The maximum Gasteiger partial charge on any atom is 0.225 e. The van der Waals surface area contributed by atoms with Gasteiger partial charge in [0.15, 0.2) is 0 Å². The molecule has 5 nitrogen and oxygen atoms in total. The molecule has 4 rings (SSSR count). The summed E-state index contributed by atoms with van der Waals surface area (Å²) in [6.07, 6.45) is 9.70. The third kappa shape index (κ3) is 4.42. The number of anilines is 3. The number of aromatic nitrogens is 3. The number of aryl methyl sites for hydroxylation is 1. The molecule has 2 heterocycles. The van der Waals surface area contributed by atoms with Gasteiger partial charge in [-0.25, -0.2) is 4.98 Å². The summed E-state index contributed by atoms with van der Waals surface area (Å²) in [5.74, 6) is 1.37. The topological polar surface area (TPSA) is 62.7 Å². The summed E-state index contributed by atoms with van der Waals surface area (Å²) in [7, 11) is 0. The van der Waals surface area contributed by atoms with E-state index >= 15 is 0 Å². The Morgan fingerprint density at radius 1 is 1.00 bits per heavy atom. The van der Waals surface area contributed by atoms with E-state index in [1.807, 2.05) is 43.3 Å². The first-order chi connectivity index (χ1) is 13.7. The van der Waals surface area contributed by atoms with Crippen LogP contribution in [-0.4, -0.2) is 21.0 Å². The third-order valence-electron chi connectivity index (χ3n) is 5.12. The zero-order valence-corrected chi connectivity index (χ0v) is 16.7. The van der Waals surface area contributed by atoms with Crippen LogP contribution in [0.2, 0.25) is 5.02 Å². The van der Waals surface area contributed by atoms with Crippen LogP contribution in [0.3, 0.4) is 0 Å². The molecule has 0 bridgehead atoms. The second kappa shape index (κ2) is 8.57. The fraction of sp³-hybridized carbons (Fsp3) is 0.318. The Balaban J connectivity index is 1.69. The standard InChI is InChI=1S/C22H24ClN5/c1-15-6-5-9-18(23)21(15)27-20-14-19(16-10-12-24-13-11-16)26-22(28-20)25-17-7-3-2-4-8-17/h5-6,9-14,17H,2-4,7-8H2,1H3,(H2,25,26,27,28). The minimum Gasteiger partial charge on any atom is -0.351 e. The summed E-state index contributed by atoms with van der Waals surface area (Å²) in [6, 6.07) is 12.1. The van der Waals surface area contributed by atoms with Gasteiger partial charge in [-0.2, -0.15) is 4.98 Å². The Bertz CT molecular complexity index is 919. The molecular weight excluding hydrogens is 370 g/mol. The highest BCUT2D eigenvalue weighted by Crippen LogP contribution is 2.30. The number of nitrogens with one attached hydrogen (secondary N) is 2. The Morgan fingerprint density at radius 2 is 1.79 bits per heavy atom. The van der Waals surface area contributed by atoms with Crippen LogP contribution in [0.15, 0.2) is 48.8 Å². The number of hydrogen-bond donors (Lipinski definition) is 2.